The second-order valence-corrected chi connectivity index (χ2v) is 4.44. The van der Waals surface area contributed by atoms with E-state index in [-0.39, 0.29) is 22.5 Å². The molecule has 1 aliphatic rings. The number of rotatable bonds is 2. The minimum Gasteiger partial charge on any atom is -0.397 e. The zero-order valence-electron chi connectivity index (χ0n) is 10.7. The van der Waals surface area contributed by atoms with Crippen LogP contribution < -0.4 is 16.4 Å². The number of nitrogen functional groups attached to an aromatic ring is 1. The Morgan fingerprint density at radius 1 is 1.14 bits per heavy atom. The third-order valence-corrected chi connectivity index (χ3v) is 3.05. The highest BCUT2D eigenvalue weighted by Gasteiger charge is 2.26. The molecule has 0 unspecified atom stereocenters. The van der Waals surface area contributed by atoms with Crippen LogP contribution in [-0.4, -0.2) is 22.7 Å². The Kier molecular flexibility index (Phi) is 2.87. The number of anilines is 2. The van der Waals surface area contributed by atoms with Gasteiger partial charge in [-0.2, -0.15) is 0 Å². The van der Waals surface area contributed by atoms with Crippen LogP contribution in [0.5, 0.6) is 0 Å². The average Bonchev–Trinajstić information content (AvgIpc) is 2.74. The van der Waals surface area contributed by atoms with Crippen molar-refractivity contribution in [1.29, 1.82) is 0 Å². The fourth-order valence-electron chi connectivity index (χ4n) is 2.04. The SMILES string of the molecule is Nc1cccnc1C(=O)Nc1ccc2c(c1)C(=O)NC2=O. The van der Waals surface area contributed by atoms with Crippen LogP contribution in [0.3, 0.4) is 0 Å². The van der Waals surface area contributed by atoms with E-state index in [0.29, 0.717) is 5.69 Å². The molecule has 0 saturated heterocycles. The van der Waals surface area contributed by atoms with E-state index in [1.54, 1.807) is 12.1 Å². The highest BCUT2D eigenvalue weighted by atomic mass is 16.2. The van der Waals surface area contributed by atoms with Crippen LogP contribution >= 0.6 is 0 Å². The fourth-order valence-corrected chi connectivity index (χ4v) is 2.04. The van der Waals surface area contributed by atoms with Gasteiger partial charge in [0, 0.05) is 11.9 Å². The molecule has 0 fully saturated rings. The number of fused-ring (bicyclic) bond motifs is 1. The van der Waals surface area contributed by atoms with Gasteiger partial charge in [-0.25, -0.2) is 4.98 Å². The highest BCUT2D eigenvalue weighted by molar-refractivity contribution is 6.22. The van der Waals surface area contributed by atoms with Gasteiger partial charge in [-0.15, -0.1) is 0 Å². The number of amides is 3. The number of nitrogens with two attached hydrogens (primary N) is 1. The Hall–Kier alpha value is -3.22. The third-order valence-electron chi connectivity index (χ3n) is 3.05. The molecule has 3 rings (SSSR count). The van der Waals surface area contributed by atoms with Crippen molar-refractivity contribution < 1.29 is 14.4 Å². The van der Waals surface area contributed by atoms with Crippen molar-refractivity contribution in [1.82, 2.24) is 10.3 Å². The molecular formula is C14H10N4O3. The summed E-state index contributed by atoms with van der Waals surface area (Å²) in [7, 11) is 0. The lowest BCUT2D eigenvalue weighted by Gasteiger charge is -2.07. The standard InChI is InChI=1S/C14H10N4O3/c15-10-2-1-5-16-11(10)14(21)17-7-3-4-8-9(6-7)13(20)18-12(8)19/h1-6H,15H2,(H,17,21)(H,18,19,20). The molecule has 104 valence electrons. The largest absolute Gasteiger partial charge is 0.397 e. The molecule has 0 aliphatic carbocycles. The molecule has 0 saturated carbocycles. The van der Waals surface area contributed by atoms with E-state index in [9.17, 15) is 14.4 Å². The predicted octanol–water partition coefficient (Wildman–Crippen LogP) is 0.800. The van der Waals surface area contributed by atoms with Gasteiger partial charge in [0.2, 0.25) is 0 Å². The van der Waals surface area contributed by atoms with Crippen molar-refractivity contribution in [3.05, 3.63) is 53.3 Å². The lowest BCUT2D eigenvalue weighted by molar-refractivity contribution is 0.0878. The molecule has 7 nitrogen and oxygen atoms in total. The second kappa shape index (κ2) is 4.71. The van der Waals surface area contributed by atoms with E-state index in [4.69, 9.17) is 5.73 Å². The van der Waals surface area contributed by atoms with Gasteiger partial charge >= 0.3 is 0 Å². The molecule has 1 aromatic carbocycles. The van der Waals surface area contributed by atoms with E-state index in [0.717, 1.165) is 0 Å². The third kappa shape index (κ3) is 2.20. The number of carbonyl (C=O) groups is 3. The lowest BCUT2D eigenvalue weighted by Crippen LogP contribution is -2.19. The molecule has 4 N–H and O–H groups in total. The van der Waals surface area contributed by atoms with E-state index in [1.807, 2.05) is 0 Å². The molecular weight excluding hydrogens is 272 g/mol. The molecule has 1 aromatic heterocycles. The van der Waals surface area contributed by atoms with Crippen molar-refractivity contribution in [2.24, 2.45) is 0 Å². The maximum Gasteiger partial charge on any atom is 0.276 e. The lowest BCUT2D eigenvalue weighted by atomic mass is 10.1. The van der Waals surface area contributed by atoms with Crippen molar-refractivity contribution >= 4 is 29.1 Å². The Morgan fingerprint density at radius 2 is 1.90 bits per heavy atom. The number of imide groups is 1. The predicted molar refractivity (Wildman–Crippen MR) is 74.8 cm³/mol. The summed E-state index contributed by atoms with van der Waals surface area (Å²) in [6.45, 7) is 0. The second-order valence-electron chi connectivity index (χ2n) is 4.44. The Labute approximate surface area is 119 Å². The van der Waals surface area contributed by atoms with Crippen LogP contribution in [0.1, 0.15) is 31.2 Å². The van der Waals surface area contributed by atoms with Gasteiger partial charge in [0.25, 0.3) is 17.7 Å². The maximum atomic E-state index is 12.1. The summed E-state index contributed by atoms with van der Waals surface area (Å²) in [5.74, 6) is -1.41. The van der Waals surface area contributed by atoms with E-state index >= 15 is 0 Å². The summed E-state index contributed by atoms with van der Waals surface area (Å²) in [5.41, 5.74) is 6.92. The zero-order valence-corrected chi connectivity index (χ0v) is 10.7. The first-order chi connectivity index (χ1) is 10.1. The van der Waals surface area contributed by atoms with Gasteiger partial charge in [0.05, 0.1) is 16.8 Å². The summed E-state index contributed by atoms with van der Waals surface area (Å²) in [6.07, 6.45) is 1.46. The summed E-state index contributed by atoms with van der Waals surface area (Å²) in [5, 5.41) is 4.77. The minimum atomic E-state index is -0.488. The Balaban J connectivity index is 1.88. The molecule has 2 heterocycles. The number of pyridine rings is 1. The van der Waals surface area contributed by atoms with Gasteiger partial charge in [-0.1, -0.05) is 0 Å². The van der Waals surface area contributed by atoms with Gasteiger partial charge in [0.1, 0.15) is 0 Å². The normalized spacial score (nSPS) is 12.8. The van der Waals surface area contributed by atoms with Crippen molar-refractivity contribution in [2.75, 3.05) is 11.1 Å². The number of hydrogen-bond acceptors (Lipinski definition) is 5. The monoisotopic (exact) mass is 282 g/mol. The van der Waals surface area contributed by atoms with E-state index in [1.165, 1.54) is 24.4 Å². The van der Waals surface area contributed by atoms with Crippen molar-refractivity contribution in [2.45, 2.75) is 0 Å². The van der Waals surface area contributed by atoms with Crippen LogP contribution in [0, 0.1) is 0 Å². The topological polar surface area (TPSA) is 114 Å². The first-order valence-electron chi connectivity index (χ1n) is 6.08. The average molecular weight is 282 g/mol. The highest BCUT2D eigenvalue weighted by Crippen LogP contribution is 2.21. The maximum absolute atomic E-state index is 12.1. The minimum absolute atomic E-state index is 0.0959. The zero-order chi connectivity index (χ0) is 15.0. The van der Waals surface area contributed by atoms with Crippen LogP contribution in [0.4, 0.5) is 11.4 Å². The van der Waals surface area contributed by atoms with Crippen molar-refractivity contribution in [3.8, 4) is 0 Å². The van der Waals surface area contributed by atoms with E-state index in [2.05, 4.69) is 15.6 Å². The van der Waals surface area contributed by atoms with Gasteiger partial charge in [-0.3, -0.25) is 19.7 Å². The van der Waals surface area contributed by atoms with E-state index < -0.39 is 17.7 Å². The summed E-state index contributed by atoms with van der Waals surface area (Å²) in [6, 6.07) is 7.64. The molecule has 0 bridgehead atoms. The number of carbonyl (C=O) groups excluding carboxylic acids is 3. The number of aromatic nitrogens is 1. The first kappa shape index (κ1) is 12.8. The number of nitrogens with zero attached hydrogens (tertiary/aromatic N) is 1. The molecule has 7 heteroatoms. The van der Waals surface area contributed by atoms with Crippen LogP contribution in [0.2, 0.25) is 0 Å². The van der Waals surface area contributed by atoms with Gasteiger partial charge < -0.3 is 11.1 Å². The molecule has 0 spiro atoms. The summed E-state index contributed by atoms with van der Waals surface area (Å²) in [4.78, 5) is 39.0. The van der Waals surface area contributed by atoms with Crippen LogP contribution in [0.25, 0.3) is 0 Å². The molecule has 0 radical (unpaired) electrons. The molecule has 1 aliphatic heterocycles. The smallest absolute Gasteiger partial charge is 0.276 e. The number of hydrogen-bond donors (Lipinski definition) is 3. The Morgan fingerprint density at radius 3 is 2.67 bits per heavy atom. The molecule has 21 heavy (non-hydrogen) atoms. The molecule has 2 aromatic rings. The molecule has 0 atom stereocenters. The summed E-state index contributed by atoms with van der Waals surface area (Å²) < 4.78 is 0. The number of nitrogens with one attached hydrogen (secondary N) is 2. The first-order valence-corrected chi connectivity index (χ1v) is 6.08. The van der Waals surface area contributed by atoms with Crippen LogP contribution in [-0.2, 0) is 0 Å². The quantitative estimate of drug-likeness (QED) is 0.705. The Bertz CT molecular complexity index is 786. The van der Waals surface area contributed by atoms with Crippen LogP contribution in [0.15, 0.2) is 36.5 Å². The van der Waals surface area contributed by atoms with Gasteiger partial charge in [0.15, 0.2) is 5.69 Å². The summed E-state index contributed by atoms with van der Waals surface area (Å²) >= 11 is 0. The van der Waals surface area contributed by atoms with Crippen molar-refractivity contribution in [3.63, 3.8) is 0 Å². The van der Waals surface area contributed by atoms with Gasteiger partial charge in [-0.05, 0) is 30.3 Å². The molecule has 3 amide bonds. The fraction of sp³-hybridized carbons (Fsp3) is 0. The number of benzene rings is 1.